The summed E-state index contributed by atoms with van der Waals surface area (Å²) in [6.45, 7) is 5.09. The maximum atomic E-state index is 12.9. The van der Waals surface area contributed by atoms with Crippen LogP contribution in [0.4, 0.5) is 24.5 Å². The van der Waals surface area contributed by atoms with Crippen molar-refractivity contribution in [2.75, 3.05) is 22.7 Å². The molecule has 0 aliphatic carbocycles. The van der Waals surface area contributed by atoms with Gasteiger partial charge in [-0.2, -0.15) is 13.2 Å². The lowest BCUT2D eigenvalue weighted by molar-refractivity contribution is -0.192. The third kappa shape index (κ3) is 7.70. The quantitative estimate of drug-likeness (QED) is 0.471. The fourth-order valence-corrected chi connectivity index (χ4v) is 4.57. The number of carboxylic acid groups (broad SMARTS) is 2. The molecule has 0 saturated carbocycles. The van der Waals surface area contributed by atoms with Crippen molar-refractivity contribution in [3.05, 3.63) is 53.6 Å². The zero-order valence-corrected chi connectivity index (χ0v) is 20.2. The number of piperidine rings is 1. The molecule has 1 fully saturated rings. The Morgan fingerprint density at radius 1 is 1.03 bits per heavy atom. The maximum Gasteiger partial charge on any atom is 0.490 e. The van der Waals surface area contributed by atoms with Gasteiger partial charge < -0.3 is 15.1 Å². The molecule has 2 aromatic carbocycles. The maximum absolute atomic E-state index is 12.9. The fourth-order valence-electron chi connectivity index (χ4n) is 3.51. The van der Waals surface area contributed by atoms with E-state index in [4.69, 9.17) is 9.90 Å². The first-order chi connectivity index (χ1) is 16.6. The highest BCUT2D eigenvalue weighted by molar-refractivity contribution is 7.92. The van der Waals surface area contributed by atoms with Crippen molar-refractivity contribution in [3.63, 3.8) is 0 Å². The van der Waals surface area contributed by atoms with Gasteiger partial charge in [-0.15, -0.1) is 0 Å². The zero-order chi connectivity index (χ0) is 27.3. The van der Waals surface area contributed by atoms with Crippen LogP contribution >= 0.6 is 0 Å². The van der Waals surface area contributed by atoms with Crippen LogP contribution < -0.4 is 9.62 Å². The number of halogens is 3. The van der Waals surface area contributed by atoms with Gasteiger partial charge in [-0.25, -0.2) is 18.0 Å². The van der Waals surface area contributed by atoms with E-state index in [1.54, 1.807) is 6.07 Å². The molecule has 0 radical (unpaired) electrons. The summed E-state index contributed by atoms with van der Waals surface area (Å²) in [6.07, 6.45) is -2.99. The number of aromatic carboxylic acids is 1. The number of hydrogen-bond donors (Lipinski definition) is 3. The van der Waals surface area contributed by atoms with Crippen LogP contribution in [0.25, 0.3) is 0 Å². The first-order valence-electron chi connectivity index (χ1n) is 10.7. The number of carbonyl (C=O) groups excluding carboxylic acids is 1. The average molecular weight is 531 g/mol. The summed E-state index contributed by atoms with van der Waals surface area (Å²) in [7, 11) is -3.95. The number of anilines is 2. The van der Waals surface area contributed by atoms with E-state index in [1.165, 1.54) is 43.3 Å². The molecule has 0 spiro atoms. The van der Waals surface area contributed by atoms with Crippen molar-refractivity contribution in [2.24, 2.45) is 5.92 Å². The van der Waals surface area contributed by atoms with Gasteiger partial charge in [0.2, 0.25) is 0 Å². The highest BCUT2D eigenvalue weighted by Crippen LogP contribution is 2.32. The molecule has 9 nitrogen and oxygen atoms in total. The van der Waals surface area contributed by atoms with Gasteiger partial charge in [0.1, 0.15) is 0 Å². The third-order valence-corrected chi connectivity index (χ3v) is 6.68. The van der Waals surface area contributed by atoms with Crippen LogP contribution in [-0.2, 0) is 14.8 Å². The Morgan fingerprint density at radius 3 is 2.06 bits per heavy atom. The molecule has 0 aromatic heterocycles. The third-order valence-electron chi connectivity index (χ3n) is 5.30. The van der Waals surface area contributed by atoms with E-state index < -0.39 is 28.1 Å². The lowest BCUT2D eigenvalue weighted by Gasteiger charge is -2.34. The smallest absolute Gasteiger partial charge is 0.478 e. The summed E-state index contributed by atoms with van der Waals surface area (Å²) in [5.41, 5.74) is 1.31. The van der Waals surface area contributed by atoms with Crippen LogP contribution in [-0.4, -0.2) is 55.6 Å². The van der Waals surface area contributed by atoms with Crippen LogP contribution in [0.3, 0.4) is 0 Å². The van der Waals surface area contributed by atoms with Crippen molar-refractivity contribution >= 4 is 39.1 Å². The number of nitrogens with one attached hydrogen (secondary N) is 1. The number of carboxylic acids is 2. The van der Waals surface area contributed by atoms with Crippen LogP contribution in [0.1, 0.15) is 47.4 Å². The molecule has 1 heterocycles. The predicted molar refractivity (Wildman–Crippen MR) is 125 cm³/mol. The van der Waals surface area contributed by atoms with Gasteiger partial charge >= 0.3 is 18.1 Å². The van der Waals surface area contributed by atoms with E-state index >= 15 is 0 Å². The molecular formula is C23H25F3N2O7S. The van der Waals surface area contributed by atoms with E-state index in [-0.39, 0.29) is 21.9 Å². The number of aliphatic carboxylic acids is 1. The highest BCUT2D eigenvalue weighted by atomic mass is 32.2. The Kier molecular flexibility index (Phi) is 9.08. The lowest BCUT2D eigenvalue weighted by Crippen LogP contribution is -2.35. The number of alkyl halides is 3. The van der Waals surface area contributed by atoms with Crippen molar-refractivity contribution in [3.8, 4) is 0 Å². The van der Waals surface area contributed by atoms with Gasteiger partial charge in [0.05, 0.1) is 21.8 Å². The number of benzene rings is 2. The Morgan fingerprint density at radius 2 is 1.58 bits per heavy atom. The molecule has 1 aliphatic rings. The molecule has 0 bridgehead atoms. The SMILES string of the molecule is CC(=O)c1ccc(S(=O)(=O)Nc2cc(C(=O)O)ccc2N2CCCC(C)C2)cc1.O=C(O)C(F)(F)F. The standard InChI is InChI=1S/C21H24N2O5S.C2HF3O2/c1-14-4-3-11-23(13-14)20-10-7-17(21(25)26)12-19(20)22-29(27,28)18-8-5-16(6-9-18)15(2)24;3-2(4,5)1(6)7/h5-10,12,14,22H,3-4,11,13H2,1-2H3,(H,25,26);(H,6,7). The van der Waals surface area contributed by atoms with E-state index in [2.05, 4.69) is 16.5 Å². The van der Waals surface area contributed by atoms with Gasteiger partial charge in [-0.05, 0) is 56.0 Å². The normalized spacial score (nSPS) is 15.9. The number of carbonyl (C=O) groups is 3. The number of nitrogens with zero attached hydrogens (tertiary/aromatic N) is 1. The highest BCUT2D eigenvalue weighted by Gasteiger charge is 2.38. The van der Waals surface area contributed by atoms with E-state index in [0.717, 1.165) is 25.9 Å². The topological polar surface area (TPSA) is 141 Å². The molecule has 1 aliphatic heterocycles. The molecule has 0 amide bonds. The molecule has 13 heteroatoms. The zero-order valence-electron chi connectivity index (χ0n) is 19.4. The first kappa shape index (κ1) is 28.6. The van der Waals surface area contributed by atoms with Crippen molar-refractivity contribution < 1.29 is 46.2 Å². The summed E-state index contributed by atoms with van der Waals surface area (Å²) >= 11 is 0. The van der Waals surface area contributed by atoms with E-state index in [1.807, 2.05) is 0 Å². The van der Waals surface area contributed by atoms with Crippen molar-refractivity contribution in [1.82, 2.24) is 0 Å². The second-order valence-electron chi connectivity index (χ2n) is 8.22. The second-order valence-corrected chi connectivity index (χ2v) is 9.90. The average Bonchev–Trinajstić information content (AvgIpc) is 2.78. The Hall–Kier alpha value is -3.61. The van der Waals surface area contributed by atoms with Gasteiger partial charge in [-0.1, -0.05) is 19.1 Å². The molecule has 1 atom stereocenters. The number of rotatable bonds is 6. The minimum atomic E-state index is -5.08. The molecule has 1 saturated heterocycles. The molecule has 196 valence electrons. The number of ketones is 1. The summed E-state index contributed by atoms with van der Waals surface area (Å²) in [4.78, 5) is 33.8. The van der Waals surface area contributed by atoms with Gasteiger partial charge in [0.25, 0.3) is 10.0 Å². The largest absolute Gasteiger partial charge is 0.490 e. The monoisotopic (exact) mass is 530 g/mol. The number of hydrogen-bond acceptors (Lipinski definition) is 6. The summed E-state index contributed by atoms with van der Waals surface area (Å²) in [5, 5.41) is 16.5. The van der Waals surface area contributed by atoms with Crippen LogP contribution in [0.5, 0.6) is 0 Å². The Labute approximate surface area is 205 Å². The molecule has 36 heavy (non-hydrogen) atoms. The summed E-state index contributed by atoms with van der Waals surface area (Å²) < 4.78 is 60.1. The van der Waals surface area contributed by atoms with Gasteiger partial charge in [0.15, 0.2) is 5.78 Å². The van der Waals surface area contributed by atoms with Crippen molar-refractivity contribution in [1.29, 1.82) is 0 Å². The number of sulfonamides is 1. The molecule has 1 unspecified atom stereocenters. The number of Topliss-reactive ketones (excluding diaryl/α,β-unsaturated/α-hetero) is 1. The summed E-state index contributed by atoms with van der Waals surface area (Å²) in [6, 6.07) is 10.1. The molecule has 3 rings (SSSR count). The molecule has 2 aromatic rings. The van der Waals surface area contributed by atoms with Gasteiger partial charge in [-0.3, -0.25) is 9.52 Å². The lowest BCUT2D eigenvalue weighted by atomic mass is 9.99. The van der Waals surface area contributed by atoms with Crippen LogP contribution in [0.2, 0.25) is 0 Å². The second kappa shape index (κ2) is 11.4. The Balaban J connectivity index is 0.000000572. The van der Waals surface area contributed by atoms with Crippen LogP contribution in [0, 0.1) is 5.92 Å². The van der Waals surface area contributed by atoms with Crippen molar-refractivity contribution in [2.45, 2.75) is 37.8 Å². The van der Waals surface area contributed by atoms with E-state index in [9.17, 15) is 36.3 Å². The predicted octanol–water partition coefficient (Wildman–Crippen LogP) is 4.26. The van der Waals surface area contributed by atoms with E-state index in [0.29, 0.717) is 17.2 Å². The minimum absolute atomic E-state index is 0.00110. The van der Waals surface area contributed by atoms with Gasteiger partial charge in [0, 0.05) is 18.7 Å². The fraction of sp³-hybridized carbons (Fsp3) is 0.348. The Bertz CT molecular complexity index is 1230. The molecular weight excluding hydrogens is 505 g/mol. The molecule has 3 N–H and O–H groups in total. The first-order valence-corrected chi connectivity index (χ1v) is 12.2. The van der Waals surface area contributed by atoms with Crippen LogP contribution in [0.15, 0.2) is 47.4 Å². The summed E-state index contributed by atoms with van der Waals surface area (Å²) in [5.74, 6) is -3.58. The minimum Gasteiger partial charge on any atom is -0.478 e.